The van der Waals surface area contributed by atoms with Gasteiger partial charge in [-0.2, -0.15) is 4.98 Å². The summed E-state index contributed by atoms with van der Waals surface area (Å²) in [5.74, 6) is 1.32. The van der Waals surface area contributed by atoms with Crippen molar-refractivity contribution in [3.63, 3.8) is 0 Å². The van der Waals surface area contributed by atoms with E-state index in [2.05, 4.69) is 25.4 Å². The summed E-state index contributed by atoms with van der Waals surface area (Å²) in [5.41, 5.74) is 1.84. The Balaban J connectivity index is 1.37. The van der Waals surface area contributed by atoms with E-state index < -0.39 is 0 Å². The van der Waals surface area contributed by atoms with E-state index in [4.69, 9.17) is 4.52 Å². The lowest BCUT2D eigenvalue weighted by Crippen LogP contribution is -2.50. The molecule has 1 saturated heterocycles. The third-order valence-corrected chi connectivity index (χ3v) is 4.11. The van der Waals surface area contributed by atoms with E-state index in [1.54, 1.807) is 23.4 Å². The third-order valence-electron chi connectivity index (χ3n) is 4.11. The molecule has 25 heavy (non-hydrogen) atoms. The third kappa shape index (κ3) is 3.06. The Morgan fingerprint density at radius 3 is 2.68 bits per heavy atom. The molecule has 4 rings (SSSR count). The van der Waals surface area contributed by atoms with Crippen LogP contribution < -0.4 is 5.32 Å². The highest BCUT2D eigenvalue weighted by atomic mass is 16.5. The molecule has 1 aliphatic rings. The Morgan fingerprint density at radius 1 is 1.16 bits per heavy atom. The van der Waals surface area contributed by atoms with E-state index in [1.807, 2.05) is 31.2 Å². The van der Waals surface area contributed by atoms with Gasteiger partial charge in [0.05, 0.1) is 5.92 Å². The van der Waals surface area contributed by atoms with Crippen LogP contribution in [0.3, 0.4) is 0 Å². The highest BCUT2D eigenvalue weighted by Gasteiger charge is 2.36. The summed E-state index contributed by atoms with van der Waals surface area (Å²) in [6.45, 7) is 3.03. The molecular formula is C17H16N6O2. The number of aryl methyl sites for hydroxylation is 1. The molecule has 0 radical (unpaired) electrons. The molecule has 1 fully saturated rings. The van der Waals surface area contributed by atoms with Crippen LogP contribution in [0.1, 0.15) is 17.4 Å². The average molecular weight is 336 g/mol. The first-order valence-corrected chi connectivity index (χ1v) is 7.93. The lowest BCUT2D eigenvalue weighted by Gasteiger charge is -2.37. The highest BCUT2D eigenvalue weighted by molar-refractivity contribution is 5.90. The number of hydrogen-bond donors (Lipinski definition) is 1. The second-order valence-corrected chi connectivity index (χ2v) is 5.88. The predicted octanol–water partition coefficient (Wildman–Crippen LogP) is 2.47. The topological polar surface area (TPSA) is 97.0 Å². The molecule has 1 aromatic carbocycles. The Kier molecular flexibility index (Phi) is 3.85. The fourth-order valence-electron chi connectivity index (χ4n) is 2.61. The van der Waals surface area contributed by atoms with Crippen LogP contribution in [0.5, 0.6) is 0 Å². The number of aromatic nitrogens is 4. The first kappa shape index (κ1) is 15.3. The fraction of sp³-hybridized carbons (Fsp3) is 0.235. The smallest absolute Gasteiger partial charge is 0.321 e. The van der Waals surface area contributed by atoms with Crippen LogP contribution in [0.25, 0.3) is 11.6 Å². The lowest BCUT2D eigenvalue weighted by molar-refractivity contribution is 0.147. The van der Waals surface area contributed by atoms with Crippen molar-refractivity contribution in [1.82, 2.24) is 25.0 Å². The quantitative estimate of drug-likeness (QED) is 0.789. The Hall–Kier alpha value is -3.29. The zero-order valence-electron chi connectivity index (χ0n) is 13.6. The molecule has 0 atom stereocenters. The number of amides is 2. The number of carbonyl (C=O) groups is 1. The van der Waals surface area contributed by atoms with Crippen molar-refractivity contribution in [3.05, 3.63) is 54.2 Å². The van der Waals surface area contributed by atoms with E-state index >= 15 is 0 Å². The summed E-state index contributed by atoms with van der Waals surface area (Å²) < 4.78 is 5.29. The fourth-order valence-corrected chi connectivity index (χ4v) is 2.61. The SMILES string of the molecule is Cc1ccccc1NC(=O)N1CC(c2nc(-c3ncccn3)no2)C1. The van der Waals surface area contributed by atoms with E-state index in [1.165, 1.54) is 0 Å². The minimum Gasteiger partial charge on any atom is -0.338 e. The second kappa shape index (κ2) is 6.31. The zero-order valence-corrected chi connectivity index (χ0v) is 13.6. The number of anilines is 1. The molecule has 2 aromatic heterocycles. The van der Waals surface area contributed by atoms with Gasteiger partial charge in [-0.25, -0.2) is 14.8 Å². The van der Waals surface area contributed by atoms with E-state index in [9.17, 15) is 4.79 Å². The van der Waals surface area contributed by atoms with E-state index in [0.29, 0.717) is 30.6 Å². The molecule has 0 unspecified atom stereocenters. The molecule has 3 heterocycles. The van der Waals surface area contributed by atoms with Crippen LogP contribution in [0.2, 0.25) is 0 Å². The van der Waals surface area contributed by atoms with Gasteiger partial charge in [0.1, 0.15) is 0 Å². The number of carbonyl (C=O) groups excluding carboxylic acids is 1. The molecule has 1 aliphatic heterocycles. The largest absolute Gasteiger partial charge is 0.338 e. The van der Waals surface area contributed by atoms with Gasteiger partial charge in [0.2, 0.25) is 17.5 Å². The van der Waals surface area contributed by atoms with E-state index in [0.717, 1.165) is 11.3 Å². The maximum Gasteiger partial charge on any atom is 0.321 e. The molecule has 0 spiro atoms. The van der Waals surface area contributed by atoms with Crippen molar-refractivity contribution in [2.75, 3.05) is 18.4 Å². The van der Waals surface area contributed by atoms with Gasteiger partial charge < -0.3 is 14.7 Å². The highest BCUT2D eigenvalue weighted by Crippen LogP contribution is 2.27. The molecule has 2 amide bonds. The first-order valence-electron chi connectivity index (χ1n) is 7.93. The van der Waals surface area contributed by atoms with Gasteiger partial charge in [-0.3, -0.25) is 0 Å². The summed E-state index contributed by atoms with van der Waals surface area (Å²) in [7, 11) is 0. The number of hydrogen-bond acceptors (Lipinski definition) is 6. The van der Waals surface area contributed by atoms with Crippen LogP contribution in [-0.2, 0) is 0 Å². The number of benzene rings is 1. The van der Waals surface area contributed by atoms with Gasteiger partial charge in [-0.05, 0) is 24.6 Å². The summed E-state index contributed by atoms with van der Waals surface area (Å²) >= 11 is 0. The van der Waals surface area contributed by atoms with Crippen LogP contribution in [0.4, 0.5) is 10.5 Å². The summed E-state index contributed by atoms with van der Waals surface area (Å²) in [6, 6.07) is 9.27. The first-order chi connectivity index (χ1) is 12.2. The normalized spacial score (nSPS) is 14.2. The van der Waals surface area contributed by atoms with Crippen molar-refractivity contribution < 1.29 is 9.32 Å². The molecule has 0 saturated carbocycles. The number of nitrogens with zero attached hydrogens (tertiary/aromatic N) is 5. The minimum absolute atomic E-state index is 0.0348. The summed E-state index contributed by atoms with van der Waals surface area (Å²) in [5, 5.41) is 6.82. The van der Waals surface area contributed by atoms with Gasteiger partial charge >= 0.3 is 6.03 Å². The second-order valence-electron chi connectivity index (χ2n) is 5.88. The number of urea groups is 1. The Morgan fingerprint density at radius 2 is 1.92 bits per heavy atom. The van der Waals surface area contributed by atoms with Gasteiger partial charge in [0.25, 0.3) is 0 Å². The Bertz CT molecular complexity index is 889. The maximum absolute atomic E-state index is 12.3. The van der Waals surface area contributed by atoms with E-state index in [-0.39, 0.29) is 11.9 Å². The zero-order chi connectivity index (χ0) is 17.2. The summed E-state index contributed by atoms with van der Waals surface area (Å²) in [6.07, 6.45) is 3.25. The predicted molar refractivity (Wildman–Crippen MR) is 89.8 cm³/mol. The minimum atomic E-state index is -0.128. The van der Waals surface area contributed by atoms with Crippen LogP contribution in [0, 0.1) is 6.92 Å². The molecule has 1 N–H and O–H groups in total. The monoisotopic (exact) mass is 336 g/mol. The standard InChI is InChI=1S/C17H16N6O2/c1-11-5-2-3-6-13(11)20-17(24)23-9-12(10-23)16-21-15(22-25-16)14-18-7-4-8-19-14/h2-8,12H,9-10H2,1H3,(H,20,24). The number of likely N-dealkylation sites (tertiary alicyclic amines) is 1. The molecule has 126 valence electrons. The van der Waals surface area contributed by atoms with Crippen molar-refractivity contribution >= 4 is 11.7 Å². The van der Waals surface area contributed by atoms with Crippen LogP contribution in [-0.4, -0.2) is 44.1 Å². The summed E-state index contributed by atoms with van der Waals surface area (Å²) in [4.78, 5) is 26.5. The molecule has 8 heteroatoms. The number of para-hydroxylation sites is 1. The Labute approximate surface area is 143 Å². The average Bonchev–Trinajstić information content (AvgIpc) is 3.06. The van der Waals surface area contributed by atoms with Crippen LogP contribution in [0.15, 0.2) is 47.2 Å². The van der Waals surface area contributed by atoms with Gasteiger partial charge in [-0.15, -0.1) is 0 Å². The molecule has 0 bridgehead atoms. The maximum atomic E-state index is 12.3. The van der Waals surface area contributed by atoms with Crippen molar-refractivity contribution in [3.8, 4) is 11.6 Å². The molecule has 0 aliphatic carbocycles. The molecule has 3 aromatic rings. The van der Waals surface area contributed by atoms with Crippen molar-refractivity contribution in [1.29, 1.82) is 0 Å². The van der Waals surface area contributed by atoms with Gasteiger partial charge in [-0.1, -0.05) is 23.4 Å². The van der Waals surface area contributed by atoms with Gasteiger partial charge in [0.15, 0.2) is 0 Å². The molecule has 8 nitrogen and oxygen atoms in total. The number of rotatable bonds is 3. The number of nitrogens with one attached hydrogen (secondary N) is 1. The van der Waals surface area contributed by atoms with Crippen molar-refractivity contribution in [2.45, 2.75) is 12.8 Å². The van der Waals surface area contributed by atoms with Crippen LogP contribution >= 0.6 is 0 Å². The molecular weight excluding hydrogens is 320 g/mol. The van der Waals surface area contributed by atoms with Gasteiger partial charge in [0, 0.05) is 31.2 Å². The lowest BCUT2D eigenvalue weighted by atomic mass is 10.0. The van der Waals surface area contributed by atoms with Crippen molar-refractivity contribution in [2.24, 2.45) is 0 Å².